The van der Waals surface area contributed by atoms with Crippen molar-refractivity contribution in [3.8, 4) is 0 Å². The molecule has 0 aliphatic heterocycles. The summed E-state index contributed by atoms with van der Waals surface area (Å²) in [7, 11) is 0. The Morgan fingerprint density at radius 1 is 1.08 bits per heavy atom. The second kappa shape index (κ2) is 9.77. The molecule has 2 N–H and O–H groups in total. The number of amides is 2. The summed E-state index contributed by atoms with van der Waals surface area (Å²) in [6, 6.07) is 14.6. The van der Waals surface area contributed by atoms with E-state index in [0.717, 1.165) is 5.56 Å². The number of anilines is 1. The Morgan fingerprint density at radius 3 is 2.31 bits per heavy atom. The zero-order valence-corrected chi connectivity index (χ0v) is 16.0. The number of hydrogen-bond acceptors (Lipinski definition) is 4. The molecule has 6 heteroatoms. The van der Waals surface area contributed by atoms with Crippen LogP contribution in [0.5, 0.6) is 0 Å². The van der Waals surface area contributed by atoms with Crippen molar-refractivity contribution in [3.05, 3.63) is 59.7 Å². The summed E-state index contributed by atoms with van der Waals surface area (Å²) in [5.74, 6) is -0.0359. The smallest absolute Gasteiger partial charge is 0.271 e. The number of nitrogens with zero attached hydrogens (tertiary/aromatic N) is 1. The molecule has 136 valence electrons. The van der Waals surface area contributed by atoms with Crippen LogP contribution in [0.4, 0.5) is 5.69 Å². The first kappa shape index (κ1) is 19.7. The Morgan fingerprint density at radius 2 is 1.73 bits per heavy atom. The highest BCUT2D eigenvalue weighted by molar-refractivity contribution is 7.98. The van der Waals surface area contributed by atoms with Gasteiger partial charge in [-0.2, -0.15) is 5.10 Å². The maximum atomic E-state index is 12.1. The second-order valence-electron chi connectivity index (χ2n) is 6.20. The second-order valence-corrected chi connectivity index (χ2v) is 7.08. The lowest BCUT2D eigenvalue weighted by atomic mass is 10.1. The van der Waals surface area contributed by atoms with E-state index in [1.54, 1.807) is 42.2 Å². The van der Waals surface area contributed by atoms with Crippen molar-refractivity contribution in [2.75, 3.05) is 11.6 Å². The molecular weight excluding hydrogens is 346 g/mol. The Balaban J connectivity index is 1.88. The van der Waals surface area contributed by atoms with Gasteiger partial charge >= 0.3 is 0 Å². The van der Waals surface area contributed by atoms with E-state index in [9.17, 15) is 9.59 Å². The first-order valence-electron chi connectivity index (χ1n) is 8.35. The molecule has 0 aliphatic carbocycles. The maximum Gasteiger partial charge on any atom is 0.271 e. The minimum atomic E-state index is -0.304. The standard InChI is InChI=1S/C20H23N3O2S/c1-14(2)12-19(24)22-17-8-6-16(7-9-17)20(25)23-21-13-15-4-10-18(26-3)11-5-15/h4-11,13-14H,12H2,1-3H3,(H,22,24)(H,23,25)/b21-13+. The molecule has 0 aliphatic rings. The molecule has 2 aromatic rings. The molecular formula is C20H23N3O2S. The largest absolute Gasteiger partial charge is 0.326 e. The van der Waals surface area contributed by atoms with Gasteiger partial charge in [0.25, 0.3) is 5.91 Å². The van der Waals surface area contributed by atoms with E-state index in [1.807, 2.05) is 44.4 Å². The van der Waals surface area contributed by atoms with E-state index in [0.29, 0.717) is 23.6 Å². The van der Waals surface area contributed by atoms with Crippen molar-refractivity contribution < 1.29 is 9.59 Å². The third-order valence-electron chi connectivity index (χ3n) is 3.52. The fourth-order valence-corrected chi connectivity index (χ4v) is 2.62. The molecule has 0 aromatic heterocycles. The van der Waals surface area contributed by atoms with Crippen LogP contribution in [0.3, 0.4) is 0 Å². The quantitative estimate of drug-likeness (QED) is 0.437. The molecule has 2 rings (SSSR count). The molecule has 0 saturated carbocycles. The molecule has 2 amide bonds. The number of hydrogen-bond donors (Lipinski definition) is 2. The van der Waals surface area contributed by atoms with Gasteiger partial charge in [-0.15, -0.1) is 11.8 Å². The molecule has 0 radical (unpaired) electrons. The molecule has 5 nitrogen and oxygen atoms in total. The summed E-state index contributed by atoms with van der Waals surface area (Å²) in [4.78, 5) is 25.0. The van der Waals surface area contributed by atoms with Crippen LogP contribution in [-0.2, 0) is 4.79 Å². The molecule has 0 heterocycles. The highest BCUT2D eigenvalue weighted by atomic mass is 32.2. The van der Waals surface area contributed by atoms with E-state index < -0.39 is 0 Å². The molecule has 0 saturated heterocycles. The van der Waals surface area contributed by atoms with Crippen molar-refractivity contribution in [1.29, 1.82) is 0 Å². The summed E-state index contributed by atoms with van der Waals surface area (Å²) in [6.07, 6.45) is 4.09. The fourth-order valence-electron chi connectivity index (χ4n) is 2.21. The van der Waals surface area contributed by atoms with E-state index >= 15 is 0 Å². The molecule has 2 aromatic carbocycles. The van der Waals surface area contributed by atoms with Crippen LogP contribution in [0.25, 0.3) is 0 Å². The number of benzene rings is 2. The average Bonchev–Trinajstić information content (AvgIpc) is 2.62. The van der Waals surface area contributed by atoms with Crippen molar-refractivity contribution in [1.82, 2.24) is 5.43 Å². The van der Waals surface area contributed by atoms with Gasteiger partial charge in [-0.3, -0.25) is 9.59 Å². The van der Waals surface area contributed by atoms with Crippen LogP contribution in [0.15, 0.2) is 58.5 Å². The Hall–Kier alpha value is -2.60. The Labute approximate surface area is 158 Å². The Kier molecular flexibility index (Phi) is 7.41. The van der Waals surface area contributed by atoms with Crippen LogP contribution >= 0.6 is 11.8 Å². The molecule has 0 bridgehead atoms. The zero-order valence-electron chi connectivity index (χ0n) is 15.2. The van der Waals surface area contributed by atoms with Crippen LogP contribution in [0.1, 0.15) is 36.2 Å². The molecule has 0 spiro atoms. The fraction of sp³-hybridized carbons (Fsp3) is 0.250. The summed E-state index contributed by atoms with van der Waals surface area (Å²) in [5.41, 5.74) is 4.55. The van der Waals surface area contributed by atoms with E-state index in [-0.39, 0.29) is 11.8 Å². The van der Waals surface area contributed by atoms with Gasteiger partial charge < -0.3 is 5.32 Å². The normalized spacial score (nSPS) is 10.9. The predicted octanol–water partition coefficient (Wildman–Crippen LogP) is 4.16. The number of thioether (sulfide) groups is 1. The van der Waals surface area contributed by atoms with Crippen molar-refractivity contribution >= 4 is 35.5 Å². The van der Waals surface area contributed by atoms with Gasteiger partial charge in [0.05, 0.1) is 6.21 Å². The first-order valence-corrected chi connectivity index (χ1v) is 9.58. The maximum absolute atomic E-state index is 12.1. The topological polar surface area (TPSA) is 70.6 Å². The van der Waals surface area contributed by atoms with Crippen LogP contribution in [-0.4, -0.2) is 24.3 Å². The average molecular weight is 369 g/mol. The lowest BCUT2D eigenvalue weighted by Gasteiger charge is -2.07. The van der Waals surface area contributed by atoms with Gasteiger partial charge in [0, 0.05) is 22.6 Å². The van der Waals surface area contributed by atoms with E-state index in [2.05, 4.69) is 15.8 Å². The molecule has 0 unspecified atom stereocenters. The molecule has 26 heavy (non-hydrogen) atoms. The van der Waals surface area contributed by atoms with Gasteiger partial charge in [-0.25, -0.2) is 5.43 Å². The van der Waals surface area contributed by atoms with Crippen molar-refractivity contribution in [2.24, 2.45) is 11.0 Å². The monoisotopic (exact) mass is 369 g/mol. The van der Waals surface area contributed by atoms with Gasteiger partial charge in [-0.1, -0.05) is 26.0 Å². The first-order chi connectivity index (χ1) is 12.5. The van der Waals surface area contributed by atoms with Crippen LogP contribution in [0.2, 0.25) is 0 Å². The number of hydrazone groups is 1. The van der Waals surface area contributed by atoms with Crippen LogP contribution in [0, 0.1) is 5.92 Å². The SMILES string of the molecule is CSc1ccc(/C=N/NC(=O)c2ccc(NC(=O)CC(C)C)cc2)cc1. The highest BCUT2D eigenvalue weighted by Crippen LogP contribution is 2.14. The summed E-state index contributed by atoms with van der Waals surface area (Å²) >= 11 is 1.67. The molecule has 0 atom stereocenters. The summed E-state index contributed by atoms with van der Waals surface area (Å²) in [6.45, 7) is 3.98. The van der Waals surface area contributed by atoms with Crippen molar-refractivity contribution in [2.45, 2.75) is 25.2 Å². The summed E-state index contributed by atoms with van der Waals surface area (Å²) in [5, 5.41) is 6.79. The van der Waals surface area contributed by atoms with Crippen molar-refractivity contribution in [3.63, 3.8) is 0 Å². The minimum Gasteiger partial charge on any atom is -0.326 e. The number of carbonyl (C=O) groups excluding carboxylic acids is 2. The number of carbonyl (C=O) groups is 2. The van der Waals surface area contributed by atoms with E-state index in [1.165, 1.54) is 4.90 Å². The van der Waals surface area contributed by atoms with Gasteiger partial charge in [0.1, 0.15) is 0 Å². The van der Waals surface area contributed by atoms with Gasteiger partial charge in [0.15, 0.2) is 0 Å². The molecule has 0 fully saturated rings. The number of rotatable bonds is 7. The Bertz CT molecular complexity index is 769. The van der Waals surface area contributed by atoms with Crippen LogP contribution < -0.4 is 10.7 Å². The number of nitrogens with one attached hydrogen (secondary N) is 2. The summed E-state index contributed by atoms with van der Waals surface area (Å²) < 4.78 is 0. The predicted molar refractivity (Wildman–Crippen MR) is 108 cm³/mol. The van der Waals surface area contributed by atoms with Gasteiger partial charge in [-0.05, 0) is 54.1 Å². The third kappa shape index (κ3) is 6.37. The highest BCUT2D eigenvalue weighted by Gasteiger charge is 2.07. The third-order valence-corrected chi connectivity index (χ3v) is 4.26. The lowest BCUT2D eigenvalue weighted by molar-refractivity contribution is -0.116. The van der Waals surface area contributed by atoms with E-state index in [4.69, 9.17) is 0 Å². The van der Waals surface area contributed by atoms with Gasteiger partial charge in [0.2, 0.25) is 5.91 Å². The zero-order chi connectivity index (χ0) is 18.9. The minimum absolute atomic E-state index is 0.0331. The lowest BCUT2D eigenvalue weighted by Crippen LogP contribution is -2.18.